The van der Waals surface area contributed by atoms with Gasteiger partial charge in [0, 0.05) is 11.1 Å². The number of carbonyl (C=O) groups is 1. The summed E-state index contributed by atoms with van der Waals surface area (Å²) >= 11 is 7.37. The number of H-pyrrole nitrogens is 1. The highest BCUT2D eigenvalue weighted by Crippen LogP contribution is 2.26. The highest BCUT2D eigenvalue weighted by molar-refractivity contribution is 8.00. The summed E-state index contributed by atoms with van der Waals surface area (Å²) in [5.41, 5.74) is 0.958. The minimum Gasteiger partial charge on any atom is -0.486 e. The van der Waals surface area contributed by atoms with Crippen LogP contribution in [0.4, 0.5) is 0 Å². The monoisotopic (exact) mass is 422 g/mol. The van der Waals surface area contributed by atoms with Crippen molar-refractivity contribution in [1.29, 1.82) is 0 Å². The number of halogens is 1. The number of aryl methyl sites for hydroxylation is 1. The molecule has 1 aliphatic carbocycles. The van der Waals surface area contributed by atoms with E-state index in [2.05, 4.69) is 27.4 Å². The standard InChI is InChI=1S/C20H27ClN4O2S/c1-12-6-4-5-7-17(12)22-19(26)14(3)28-20-23-18(24-25-20)11-27-15-8-9-16(21)13(2)10-15/h8-10,12,14,17H,4-7,11H2,1-3H3,(H,22,26)(H,23,24,25)/t12-,14+,17-/m0/s1. The number of hydrogen-bond donors (Lipinski definition) is 2. The van der Waals surface area contributed by atoms with Gasteiger partial charge in [0.15, 0.2) is 5.82 Å². The van der Waals surface area contributed by atoms with Gasteiger partial charge >= 0.3 is 0 Å². The second-order valence-electron chi connectivity index (χ2n) is 7.40. The Labute approximate surface area is 175 Å². The van der Waals surface area contributed by atoms with Crippen LogP contribution in [-0.2, 0) is 11.4 Å². The summed E-state index contributed by atoms with van der Waals surface area (Å²) in [7, 11) is 0. The number of rotatable bonds is 7. The second kappa shape index (κ2) is 9.65. The number of nitrogens with zero attached hydrogens (tertiary/aromatic N) is 2. The van der Waals surface area contributed by atoms with Crippen LogP contribution in [-0.4, -0.2) is 32.4 Å². The third kappa shape index (κ3) is 5.64. The summed E-state index contributed by atoms with van der Waals surface area (Å²) in [4.78, 5) is 16.9. The molecular formula is C20H27ClN4O2S. The molecule has 0 bridgehead atoms. The summed E-state index contributed by atoms with van der Waals surface area (Å²) in [5.74, 6) is 1.92. The van der Waals surface area contributed by atoms with Gasteiger partial charge < -0.3 is 10.1 Å². The van der Waals surface area contributed by atoms with Crippen LogP contribution >= 0.6 is 23.4 Å². The Morgan fingerprint density at radius 2 is 2.21 bits per heavy atom. The van der Waals surface area contributed by atoms with E-state index >= 15 is 0 Å². The predicted octanol–water partition coefficient (Wildman–Crippen LogP) is 4.52. The van der Waals surface area contributed by atoms with Crippen molar-refractivity contribution in [3.05, 3.63) is 34.6 Å². The Bertz CT molecular complexity index is 813. The topological polar surface area (TPSA) is 79.9 Å². The van der Waals surface area contributed by atoms with Crippen molar-refractivity contribution < 1.29 is 9.53 Å². The third-order valence-electron chi connectivity index (χ3n) is 5.11. The van der Waals surface area contributed by atoms with Crippen LogP contribution in [0.5, 0.6) is 5.75 Å². The van der Waals surface area contributed by atoms with E-state index in [9.17, 15) is 4.79 Å². The minimum absolute atomic E-state index is 0.0444. The zero-order chi connectivity index (χ0) is 20.1. The number of hydrogen-bond acceptors (Lipinski definition) is 5. The van der Waals surface area contributed by atoms with E-state index in [0.717, 1.165) is 17.7 Å². The van der Waals surface area contributed by atoms with E-state index < -0.39 is 0 Å². The van der Waals surface area contributed by atoms with Gasteiger partial charge in [0.1, 0.15) is 12.4 Å². The second-order valence-corrected chi connectivity index (χ2v) is 9.12. The molecule has 1 aliphatic rings. The van der Waals surface area contributed by atoms with Crippen molar-refractivity contribution in [2.45, 2.75) is 69.5 Å². The first-order valence-corrected chi connectivity index (χ1v) is 11.0. The fourth-order valence-electron chi connectivity index (χ4n) is 3.30. The van der Waals surface area contributed by atoms with E-state index in [1.54, 1.807) is 6.07 Å². The molecule has 0 saturated heterocycles. The Morgan fingerprint density at radius 3 is 2.96 bits per heavy atom. The summed E-state index contributed by atoms with van der Waals surface area (Å²) in [6.45, 7) is 6.30. The smallest absolute Gasteiger partial charge is 0.233 e. The first kappa shape index (κ1) is 21.0. The Kier molecular flexibility index (Phi) is 7.24. The summed E-state index contributed by atoms with van der Waals surface area (Å²) in [6.07, 6.45) is 4.70. The minimum atomic E-state index is -0.252. The van der Waals surface area contributed by atoms with E-state index in [1.165, 1.54) is 31.0 Å². The number of carbonyl (C=O) groups excluding carboxylic acids is 1. The van der Waals surface area contributed by atoms with Crippen LogP contribution in [0, 0.1) is 12.8 Å². The molecule has 1 aromatic heterocycles. The van der Waals surface area contributed by atoms with Gasteiger partial charge in [-0.1, -0.05) is 43.1 Å². The van der Waals surface area contributed by atoms with Crippen LogP contribution in [0.1, 0.15) is 50.9 Å². The Balaban J connectivity index is 1.49. The number of nitrogens with one attached hydrogen (secondary N) is 2. The normalized spacial score (nSPS) is 20.6. The van der Waals surface area contributed by atoms with Gasteiger partial charge in [-0.05, 0) is 56.4 Å². The maximum Gasteiger partial charge on any atom is 0.233 e. The van der Waals surface area contributed by atoms with Gasteiger partial charge in [0.25, 0.3) is 0 Å². The van der Waals surface area contributed by atoms with E-state index in [4.69, 9.17) is 16.3 Å². The van der Waals surface area contributed by atoms with Gasteiger partial charge in [0.05, 0.1) is 5.25 Å². The van der Waals surface area contributed by atoms with Gasteiger partial charge in [0.2, 0.25) is 11.1 Å². The molecule has 1 aromatic carbocycles. The number of benzene rings is 1. The zero-order valence-electron chi connectivity index (χ0n) is 16.5. The van der Waals surface area contributed by atoms with Crippen molar-refractivity contribution in [1.82, 2.24) is 20.5 Å². The molecule has 6 nitrogen and oxygen atoms in total. The average Bonchev–Trinajstić information content (AvgIpc) is 3.12. The molecule has 0 spiro atoms. The number of aromatic nitrogens is 3. The number of amides is 1. The molecule has 1 amide bonds. The quantitative estimate of drug-likeness (QED) is 0.641. The van der Waals surface area contributed by atoms with Crippen molar-refractivity contribution in [2.75, 3.05) is 0 Å². The SMILES string of the molecule is Cc1cc(OCc2nc(S[C@H](C)C(=O)N[C@H]3CCCC[C@@H]3C)n[nH]2)ccc1Cl. The summed E-state index contributed by atoms with van der Waals surface area (Å²) in [5, 5.41) is 11.3. The average molecular weight is 423 g/mol. The molecule has 152 valence electrons. The lowest BCUT2D eigenvalue weighted by atomic mass is 9.86. The largest absolute Gasteiger partial charge is 0.486 e. The molecule has 28 heavy (non-hydrogen) atoms. The van der Waals surface area contributed by atoms with E-state index in [1.807, 2.05) is 26.0 Å². The molecule has 1 heterocycles. The molecular weight excluding hydrogens is 396 g/mol. The van der Waals surface area contributed by atoms with Crippen LogP contribution < -0.4 is 10.1 Å². The molecule has 3 atom stereocenters. The third-order valence-corrected chi connectivity index (χ3v) is 6.49. The molecule has 8 heteroatoms. The van der Waals surface area contributed by atoms with Crippen molar-refractivity contribution in [3.63, 3.8) is 0 Å². The van der Waals surface area contributed by atoms with E-state index in [0.29, 0.717) is 21.9 Å². The maximum absolute atomic E-state index is 12.5. The van der Waals surface area contributed by atoms with Crippen molar-refractivity contribution in [3.8, 4) is 5.75 Å². The lowest BCUT2D eigenvalue weighted by Gasteiger charge is -2.30. The molecule has 2 aromatic rings. The summed E-state index contributed by atoms with van der Waals surface area (Å²) < 4.78 is 5.73. The van der Waals surface area contributed by atoms with Crippen LogP contribution in [0.2, 0.25) is 5.02 Å². The van der Waals surface area contributed by atoms with Crippen molar-refractivity contribution in [2.24, 2.45) is 5.92 Å². The van der Waals surface area contributed by atoms with E-state index in [-0.39, 0.29) is 23.8 Å². The lowest BCUT2D eigenvalue weighted by molar-refractivity contribution is -0.121. The van der Waals surface area contributed by atoms with Gasteiger partial charge in [-0.15, -0.1) is 5.10 Å². The molecule has 3 rings (SSSR count). The van der Waals surface area contributed by atoms with Crippen molar-refractivity contribution >= 4 is 29.3 Å². The Hall–Kier alpha value is -1.73. The summed E-state index contributed by atoms with van der Waals surface area (Å²) in [6, 6.07) is 5.79. The van der Waals surface area contributed by atoms with Crippen LogP contribution in [0.3, 0.4) is 0 Å². The fourth-order valence-corrected chi connectivity index (χ4v) is 4.17. The molecule has 0 aliphatic heterocycles. The Morgan fingerprint density at radius 1 is 1.43 bits per heavy atom. The number of aromatic amines is 1. The molecule has 0 radical (unpaired) electrons. The molecule has 2 N–H and O–H groups in total. The first-order chi connectivity index (χ1) is 13.4. The lowest BCUT2D eigenvalue weighted by Crippen LogP contribution is -2.44. The predicted molar refractivity (Wildman–Crippen MR) is 112 cm³/mol. The molecule has 1 saturated carbocycles. The highest BCUT2D eigenvalue weighted by Gasteiger charge is 2.25. The number of thioether (sulfide) groups is 1. The zero-order valence-corrected chi connectivity index (χ0v) is 18.1. The van der Waals surface area contributed by atoms with Gasteiger partial charge in [-0.25, -0.2) is 4.98 Å². The fraction of sp³-hybridized carbons (Fsp3) is 0.550. The number of ether oxygens (including phenoxy) is 1. The first-order valence-electron chi connectivity index (χ1n) is 9.69. The highest BCUT2D eigenvalue weighted by atomic mass is 35.5. The van der Waals surface area contributed by atoms with Crippen LogP contribution in [0.15, 0.2) is 23.4 Å². The van der Waals surface area contributed by atoms with Gasteiger partial charge in [-0.3, -0.25) is 9.89 Å². The molecule has 1 fully saturated rings. The maximum atomic E-state index is 12.5. The molecule has 0 unspecified atom stereocenters. The van der Waals surface area contributed by atoms with Gasteiger partial charge in [-0.2, -0.15) is 0 Å². The van der Waals surface area contributed by atoms with Crippen LogP contribution in [0.25, 0.3) is 0 Å².